The first-order valence-electron chi connectivity index (χ1n) is 5.58. The van der Waals surface area contributed by atoms with Crippen molar-refractivity contribution >= 4 is 23.2 Å². The lowest BCUT2D eigenvalue weighted by Gasteiger charge is -2.28. The van der Waals surface area contributed by atoms with Crippen LogP contribution in [0.1, 0.15) is 0 Å². The van der Waals surface area contributed by atoms with Gasteiger partial charge in [0.2, 0.25) is 5.91 Å². The van der Waals surface area contributed by atoms with Crippen LogP contribution in [0.3, 0.4) is 0 Å². The molecule has 1 aromatic rings. The number of nitrogens with zero attached hydrogens (tertiary/aromatic N) is 2. The predicted octanol–water partition coefficient (Wildman–Crippen LogP) is -0.366. The van der Waals surface area contributed by atoms with Crippen molar-refractivity contribution in [1.29, 1.82) is 5.26 Å². The van der Waals surface area contributed by atoms with Crippen LogP contribution in [0.5, 0.6) is 5.75 Å². The molecule has 0 unspecified atom stereocenters. The monoisotopic (exact) mass is 260 g/mol. The Morgan fingerprint density at radius 2 is 2.37 bits per heavy atom. The molecule has 1 aromatic carbocycles. The summed E-state index contributed by atoms with van der Waals surface area (Å²) in [5.41, 5.74) is 6.60. The van der Waals surface area contributed by atoms with E-state index in [2.05, 4.69) is 5.32 Å². The fourth-order valence-electron chi connectivity index (χ4n) is 1.73. The van der Waals surface area contributed by atoms with Crippen LogP contribution >= 0.6 is 0 Å². The number of nitrogen functional groups attached to an aromatic ring is 1. The van der Waals surface area contributed by atoms with Crippen LogP contribution < -0.4 is 20.7 Å². The molecule has 3 N–H and O–H groups in total. The number of benzene rings is 1. The number of nitrogens with one attached hydrogen (secondary N) is 1. The van der Waals surface area contributed by atoms with Crippen molar-refractivity contribution in [2.24, 2.45) is 0 Å². The average Bonchev–Trinajstić information content (AvgIpc) is 2.40. The van der Waals surface area contributed by atoms with Crippen molar-refractivity contribution in [1.82, 2.24) is 5.32 Å². The molecule has 0 saturated carbocycles. The summed E-state index contributed by atoms with van der Waals surface area (Å²) in [5.74, 6) is -0.239. The summed E-state index contributed by atoms with van der Waals surface area (Å²) < 4.78 is 5.25. The minimum Gasteiger partial charge on any atom is -0.482 e. The normalized spacial score (nSPS) is 13.2. The molecular weight excluding hydrogens is 248 g/mol. The second-order valence-corrected chi connectivity index (χ2v) is 3.93. The van der Waals surface area contributed by atoms with Gasteiger partial charge in [0.15, 0.2) is 6.61 Å². The molecule has 7 nitrogen and oxygen atoms in total. The maximum absolute atomic E-state index is 11.8. The Labute approximate surface area is 109 Å². The summed E-state index contributed by atoms with van der Waals surface area (Å²) in [6.07, 6.45) is 0. The highest BCUT2D eigenvalue weighted by atomic mass is 16.5. The van der Waals surface area contributed by atoms with Crippen LogP contribution in [0, 0.1) is 11.3 Å². The Balaban J connectivity index is 2.21. The van der Waals surface area contributed by atoms with E-state index in [4.69, 9.17) is 15.7 Å². The highest BCUT2D eigenvalue weighted by molar-refractivity contribution is 6.02. The zero-order chi connectivity index (χ0) is 13.8. The zero-order valence-electron chi connectivity index (χ0n) is 10.0. The standard InChI is InChI=1S/C12H12N4O3/c13-3-4-15-11(17)6-16-9-5-8(14)1-2-10(9)19-7-12(16)18/h1-2,5H,4,6-7,14H2,(H,15,17). The van der Waals surface area contributed by atoms with E-state index in [9.17, 15) is 9.59 Å². The van der Waals surface area contributed by atoms with Gasteiger partial charge in [-0.15, -0.1) is 0 Å². The molecule has 1 heterocycles. The summed E-state index contributed by atoms with van der Waals surface area (Å²) in [7, 11) is 0. The van der Waals surface area contributed by atoms with Gasteiger partial charge in [-0.25, -0.2) is 0 Å². The first-order valence-corrected chi connectivity index (χ1v) is 5.58. The third-order valence-electron chi connectivity index (χ3n) is 2.59. The van der Waals surface area contributed by atoms with Crippen molar-refractivity contribution in [3.8, 4) is 11.8 Å². The van der Waals surface area contributed by atoms with Crippen LogP contribution in [0.25, 0.3) is 0 Å². The minimum absolute atomic E-state index is 0.0961. The smallest absolute Gasteiger partial charge is 0.265 e. The third kappa shape index (κ3) is 2.74. The van der Waals surface area contributed by atoms with Crippen LogP contribution in [-0.4, -0.2) is 31.5 Å². The van der Waals surface area contributed by atoms with Crippen LogP contribution in [0.4, 0.5) is 11.4 Å². The van der Waals surface area contributed by atoms with Gasteiger partial charge in [-0.1, -0.05) is 0 Å². The molecule has 98 valence electrons. The van der Waals surface area contributed by atoms with E-state index in [-0.39, 0.29) is 25.6 Å². The molecule has 0 atom stereocenters. The number of carbonyl (C=O) groups excluding carboxylic acids is 2. The highest BCUT2D eigenvalue weighted by Gasteiger charge is 2.27. The molecule has 0 aliphatic carbocycles. The van der Waals surface area contributed by atoms with E-state index >= 15 is 0 Å². The van der Waals surface area contributed by atoms with Gasteiger partial charge in [0.25, 0.3) is 5.91 Å². The highest BCUT2D eigenvalue weighted by Crippen LogP contribution is 2.33. The number of nitriles is 1. The summed E-state index contributed by atoms with van der Waals surface area (Å²) in [6.45, 7) is -0.385. The maximum Gasteiger partial charge on any atom is 0.265 e. The van der Waals surface area contributed by atoms with Crippen molar-refractivity contribution < 1.29 is 14.3 Å². The van der Waals surface area contributed by atoms with Crippen molar-refractivity contribution in [3.63, 3.8) is 0 Å². The van der Waals surface area contributed by atoms with Crippen molar-refractivity contribution in [2.75, 3.05) is 30.3 Å². The van der Waals surface area contributed by atoms with Gasteiger partial charge >= 0.3 is 0 Å². The lowest BCUT2D eigenvalue weighted by atomic mass is 10.2. The lowest BCUT2D eigenvalue weighted by Crippen LogP contribution is -2.45. The Hall–Kier alpha value is -2.75. The average molecular weight is 260 g/mol. The van der Waals surface area contributed by atoms with E-state index in [1.807, 2.05) is 0 Å². The second kappa shape index (κ2) is 5.27. The Morgan fingerprint density at radius 1 is 1.58 bits per heavy atom. The second-order valence-electron chi connectivity index (χ2n) is 3.93. The summed E-state index contributed by atoms with van der Waals surface area (Å²) >= 11 is 0. The summed E-state index contributed by atoms with van der Waals surface area (Å²) in [4.78, 5) is 24.7. The van der Waals surface area contributed by atoms with Gasteiger partial charge in [-0.05, 0) is 18.2 Å². The number of nitrogens with two attached hydrogens (primary N) is 1. The molecule has 1 aliphatic heterocycles. The molecule has 0 spiro atoms. The number of amides is 2. The minimum atomic E-state index is -0.412. The number of carbonyl (C=O) groups is 2. The van der Waals surface area contributed by atoms with Gasteiger partial charge in [0, 0.05) is 5.69 Å². The van der Waals surface area contributed by atoms with Crippen LogP contribution in [-0.2, 0) is 9.59 Å². The Bertz CT molecular complexity index is 565. The predicted molar refractivity (Wildman–Crippen MR) is 67.3 cm³/mol. The number of anilines is 2. The van der Waals surface area contributed by atoms with Crippen molar-refractivity contribution in [3.05, 3.63) is 18.2 Å². The Morgan fingerprint density at radius 3 is 3.11 bits per heavy atom. The largest absolute Gasteiger partial charge is 0.482 e. The number of hydrogen-bond donors (Lipinski definition) is 2. The number of ether oxygens (including phenoxy) is 1. The molecule has 1 aliphatic rings. The van der Waals surface area contributed by atoms with Gasteiger partial charge in [-0.3, -0.25) is 14.5 Å². The van der Waals surface area contributed by atoms with E-state index in [1.54, 1.807) is 24.3 Å². The fraction of sp³-hybridized carbons (Fsp3) is 0.250. The zero-order valence-corrected chi connectivity index (χ0v) is 10.0. The SMILES string of the molecule is N#CCNC(=O)CN1C(=O)COc2ccc(N)cc21. The van der Waals surface area contributed by atoms with Gasteiger partial charge in [0.1, 0.15) is 18.8 Å². The molecule has 7 heteroatoms. The fourth-order valence-corrected chi connectivity index (χ4v) is 1.73. The number of fused-ring (bicyclic) bond motifs is 1. The van der Waals surface area contributed by atoms with Gasteiger partial charge < -0.3 is 15.8 Å². The van der Waals surface area contributed by atoms with Crippen molar-refractivity contribution in [2.45, 2.75) is 0 Å². The van der Waals surface area contributed by atoms with Crippen LogP contribution in [0.15, 0.2) is 18.2 Å². The topological polar surface area (TPSA) is 108 Å². The van der Waals surface area contributed by atoms with E-state index in [0.717, 1.165) is 0 Å². The lowest BCUT2D eigenvalue weighted by molar-refractivity contribution is -0.125. The quantitative estimate of drug-likeness (QED) is 0.569. The third-order valence-corrected chi connectivity index (χ3v) is 2.59. The van der Waals surface area contributed by atoms with E-state index < -0.39 is 5.91 Å². The molecule has 19 heavy (non-hydrogen) atoms. The summed E-state index contributed by atoms with van der Waals surface area (Å²) in [6, 6.07) is 6.67. The maximum atomic E-state index is 11.8. The molecule has 0 aromatic heterocycles. The first kappa shape index (κ1) is 12.7. The summed E-state index contributed by atoms with van der Waals surface area (Å²) in [5, 5.41) is 10.8. The number of rotatable bonds is 3. The molecule has 0 fully saturated rings. The number of hydrogen-bond acceptors (Lipinski definition) is 5. The van der Waals surface area contributed by atoms with Gasteiger partial charge in [0.05, 0.1) is 11.8 Å². The molecule has 0 saturated heterocycles. The first-order chi connectivity index (χ1) is 9.11. The molecule has 2 amide bonds. The van der Waals surface area contributed by atoms with E-state index in [0.29, 0.717) is 17.1 Å². The molecule has 2 rings (SSSR count). The Kier molecular flexibility index (Phi) is 3.52. The van der Waals surface area contributed by atoms with E-state index in [1.165, 1.54) is 4.90 Å². The molecular formula is C12H12N4O3. The molecule has 0 radical (unpaired) electrons. The van der Waals surface area contributed by atoms with Crippen LogP contribution in [0.2, 0.25) is 0 Å². The van der Waals surface area contributed by atoms with Gasteiger partial charge in [-0.2, -0.15) is 5.26 Å². The molecule has 0 bridgehead atoms.